The number of ether oxygens (including phenoxy) is 1. The summed E-state index contributed by atoms with van der Waals surface area (Å²) in [7, 11) is 0. The second-order valence-corrected chi connectivity index (χ2v) is 8.84. The lowest BCUT2D eigenvalue weighted by Gasteiger charge is -2.27. The van der Waals surface area contributed by atoms with Crippen LogP contribution in [0.4, 0.5) is 14.5 Å². The van der Waals surface area contributed by atoms with E-state index in [1.54, 1.807) is 11.0 Å². The zero-order valence-corrected chi connectivity index (χ0v) is 17.6. The standard InChI is InChI=1S/C19H19FN4O4S2/c20-13-2-3-14-16(12-13)30-19(21-14)23(7-1-6-22-8-10-28-11-9-22)18(25)15-4-5-17(29-15)24(26)27/h2-5,12H,1,6-11H2. The van der Waals surface area contributed by atoms with Crippen LogP contribution in [-0.4, -0.2) is 60.1 Å². The molecule has 30 heavy (non-hydrogen) atoms. The van der Waals surface area contributed by atoms with Crippen molar-refractivity contribution in [2.24, 2.45) is 0 Å². The van der Waals surface area contributed by atoms with Crippen LogP contribution in [0.15, 0.2) is 30.3 Å². The number of benzene rings is 1. The van der Waals surface area contributed by atoms with E-state index >= 15 is 0 Å². The van der Waals surface area contributed by atoms with E-state index in [0.717, 1.165) is 31.0 Å². The third-order valence-corrected chi connectivity index (χ3v) is 6.82. The molecule has 0 spiro atoms. The van der Waals surface area contributed by atoms with E-state index in [1.807, 2.05) is 0 Å². The number of carbonyl (C=O) groups excluding carboxylic acids is 1. The molecule has 1 aromatic carbocycles. The average molecular weight is 451 g/mol. The fourth-order valence-electron chi connectivity index (χ4n) is 3.24. The van der Waals surface area contributed by atoms with Crippen LogP contribution in [0.3, 0.4) is 0 Å². The molecule has 0 radical (unpaired) electrons. The van der Waals surface area contributed by atoms with Gasteiger partial charge in [0.25, 0.3) is 5.91 Å². The number of halogens is 1. The highest BCUT2D eigenvalue weighted by Crippen LogP contribution is 2.32. The van der Waals surface area contributed by atoms with E-state index < -0.39 is 4.92 Å². The maximum atomic E-state index is 13.6. The number of carbonyl (C=O) groups is 1. The Balaban J connectivity index is 1.57. The number of nitro groups is 1. The van der Waals surface area contributed by atoms with Crippen molar-refractivity contribution in [2.75, 3.05) is 44.3 Å². The van der Waals surface area contributed by atoms with Gasteiger partial charge in [-0.15, -0.1) is 0 Å². The molecule has 1 amide bonds. The van der Waals surface area contributed by atoms with Crippen LogP contribution in [0, 0.1) is 15.9 Å². The number of nitrogens with zero attached hydrogens (tertiary/aromatic N) is 4. The Hall–Kier alpha value is -2.47. The van der Waals surface area contributed by atoms with Gasteiger partial charge in [0.05, 0.1) is 33.2 Å². The minimum absolute atomic E-state index is 0.0852. The predicted octanol–water partition coefficient (Wildman–Crippen LogP) is 3.77. The van der Waals surface area contributed by atoms with Crippen LogP contribution in [0.5, 0.6) is 0 Å². The largest absolute Gasteiger partial charge is 0.379 e. The Morgan fingerprint density at radius 2 is 2.07 bits per heavy atom. The molecule has 4 rings (SSSR count). The van der Waals surface area contributed by atoms with E-state index in [1.165, 1.54) is 35.6 Å². The molecule has 2 aromatic heterocycles. The molecule has 0 N–H and O–H groups in total. The average Bonchev–Trinajstić information content (AvgIpc) is 3.38. The smallest absolute Gasteiger partial charge is 0.324 e. The summed E-state index contributed by atoms with van der Waals surface area (Å²) < 4.78 is 19.6. The number of thiophene rings is 1. The Morgan fingerprint density at radius 1 is 1.27 bits per heavy atom. The highest BCUT2D eigenvalue weighted by molar-refractivity contribution is 7.22. The van der Waals surface area contributed by atoms with Crippen LogP contribution in [0.2, 0.25) is 0 Å². The Morgan fingerprint density at radius 3 is 2.80 bits per heavy atom. The fourth-order valence-corrected chi connectivity index (χ4v) is 5.02. The summed E-state index contributed by atoms with van der Waals surface area (Å²) in [6.45, 7) is 4.31. The normalized spacial score (nSPS) is 14.8. The van der Waals surface area contributed by atoms with Crippen LogP contribution in [0.1, 0.15) is 16.1 Å². The first-order chi connectivity index (χ1) is 14.5. The molecule has 1 aliphatic rings. The molecule has 0 aliphatic carbocycles. The molecule has 3 aromatic rings. The summed E-state index contributed by atoms with van der Waals surface area (Å²) in [6.07, 6.45) is 0.712. The van der Waals surface area contributed by atoms with Crippen LogP contribution < -0.4 is 4.90 Å². The van der Waals surface area contributed by atoms with Gasteiger partial charge in [-0.05, 0) is 30.7 Å². The van der Waals surface area contributed by atoms with Crippen molar-refractivity contribution in [3.05, 3.63) is 51.1 Å². The van der Waals surface area contributed by atoms with Crippen LogP contribution in [-0.2, 0) is 4.74 Å². The molecular formula is C19H19FN4O4S2. The summed E-state index contributed by atoms with van der Waals surface area (Å²) in [5, 5.41) is 11.4. The third kappa shape index (κ3) is 4.64. The lowest BCUT2D eigenvalue weighted by atomic mass is 10.3. The van der Waals surface area contributed by atoms with E-state index in [2.05, 4.69) is 9.88 Å². The summed E-state index contributed by atoms with van der Waals surface area (Å²) >= 11 is 2.08. The molecule has 8 nitrogen and oxygen atoms in total. The maximum absolute atomic E-state index is 13.6. The third-order valence-electron chi connectivity index (χ3n) is 4.76. The quantitative estimate of drug-likeness (QED) is 0.402. The van der Waals surface area contributed by atoms with Gasteiger partial charge in [0.2, 0.25) is 0 Å². The number of hydrogen-bond donors (Lipinski definition) is 0. The lowest BCUT2D eigenvalue weighted by Crippen LogP contribution is -2.39. The van der Waals surface area contributed by atoms with Gasteiger partial charge in [0, 0.05) is 32.2 Å². The number of hydrogen-bond acceptors (Lipinski definition) is 8. The van der Waals surface area contributed by atoms with Gasteiger partial charge in [-0.2, -0.15) is 0 Å². The number of morpholine rings is 1. The summed E-state index contributed by atoms with van der Waals surface area (Å²) in [5.74, 6) is -0.702. The zero-order chi connectivity index (χ0) is 21.1. The van der Waals surface area contributed by atoms with Crippen LogP contribution >= 0.6 is 22.7 Å². The molecule has 1 fully saturated rings. The molecule has 0 unspecified atom stereocenters. The van der Waals surface area contributed by atoms with Gasteiger partial charge < -0.3 is 4.74 Å². The van der Waals surface area contributed by atoms with Crippen molar-refractivity contribution < 1.29 is 18.8 Å². The van der Waals surface area contributed by atoms with Crippen molar-refractivity contribution in [3.63, 3.8) is 0 Å². The van der Waals surface area contributed by atoms with E-state index in [4.69, 9.17) is 4.74 Å². The molecular weight excluding hydrogens is 431 g/mol. The highest BCUT2D eigenvalue weighted by Gasteiger charge is 2.25. The number of fused-ring (bicyclic) bond motifs is 1. The Labute approximate surface area is 179 Å². The topological polar surface area (TPSA) is 88.8 Å². The van der Waals surface area contributed by atoms with Crippen LogP contribution in [0.25, 0.3) is 10.2 Å². The summed E-state index contributed by atoms with van der Waals surface area (Å²) in [6, 6.07) is 7.10. The van der Waals surface area contributed by atoms with Crippen molar-refractivity contribution >= 4 is 48.9 Å². The molecule has 0 bridgehead atoms. The summed E-state index contributed by atoms with van der Waals surface area (Å²) in [5.41, 5.74) is 0.611. The molecule has 0 atom stereocenters. The molecule has 1 saturated heterocycles. The van der Waals surface area contributed by atoms with Crippen molar-refractivity contribution in [3.8, 4) is 0 Å². The summed E-state index contributed by atoms with van der Waals surface area (Å²) in [4.78, 5) is 32.3. The fraction of sp³-hybridized carbons (Fsp3) is 0.368. The number of amides is 1. The second-order valence-electron chi connectivity index (χ2n) is 6.77. The SMILES string of the molecule is O=C(c1ccc([N+](=O)[O-])s1)N(CCCN1CCOCC1)c1nc2ccc(F)cc2s1. The second kappa shape index (κ2) is 9.13. The zero-order valence-electron chi connectivity index (χ0n) is 16.0. The number of thiazole rings is 1. The van der Waals surface area contributed by atoms with E-state index in [-0.39, 0.29) is 21.6 Å². The van der Waals surface area contributed by atoms with Gasteiger partial charge in [-0.3, -0.25) is 24.7 Å². The maximum Gasteiger partial charge on any atom is 0.324 e. The monoisotopic (exact) mass is 450 g/mol. The first-order valence-corrected chi connectivity index (χ1v) is 11.1. The van der Waals surface area contributed by atoms with E-state index in [0.29, 0.717) is 41.5 Å². The number of anilines is 1. The van der Waals surface area contributed by atoms with Gasteiger partial charge in [-0.25, -0.2) is 9.37 Å². The number of rotatable bonds is 7. The first-order valence-electron chi connectivity index (χ1n) is 9.43. The van der Waals surface area contributed by atoms with Crippen molar-refractivity contribution in [2.45, 2.75) is 6.42 Å². The first kappa shape index (κ1) is 20.8. The predicted molar refractivity (Wildman–Crippen MR) is 114 cm³/mol. The lowest BCUT2D eigenvalue weighted by molar-refractivity contribution is -0.380. The van der Waals surface area contributed by atoms with Crippen molar-refractivity contribution in [1.29, 1.82) is 0 Å². The molecule has 3 heterocycles. The minimum atomic E-state index is -0.509. The van der Waals surface area contributed by atoms with Crippen molar-refractivity contribution in [1.82, 2.24) is 9.88 Å². The molecule has 0 saturated carbocycles. The van der Waals surface area contributed by atoms with Gasteiger partial charge in [0.15, 0.2) is 5.13 Å². The Kier molecular flexibility index (Phi) is 6.32. The molecule has 158 valence electrons. The van der Waals surface area contributed by atoms with Gasteiger partial charge in [0.1, 0.15) is 5.82 Å². The van der Waals surface area contributed by atoms with Gasteiger partial charge in [-0.1, -0.05) is 22.7 Å². The number of aromatic nitrogens is 1. The molecule has 11 heteroatoms. The molecule has 1 aliphatic heterocycles. The Bertz CT molecular complexity index is 1060. The highest BCUT2D eigenvalue weighted by atomic mass is 32.1. The van der Waals surface area contributed by atoms with E-state index in [9.17, 15) is 19.3 Å². The minimum Gasteiger partial charge on any atom is -0.379 e. The van der Waals surface area contributed by atoms with Gasteiger partial charge >= 0.3 is 5.00 Å².